The van der Waals surface area contributed by atoms with Crippen LogP contribution in [0.3, 0.4) is 0 Å². The first-order valence-corrected chi connectivity index (χ1v) is 5.38. The average Bonchev–Trinajstić information content (AvgIpc) is 2.23. The highest BCUT2D eigenvalue weighted by molar-refractivity contribution is 6.33. The van der Waals surface area contributed by atoms with Gasteiger partial charge in [0, 0.05) is 6.54 Å². The molecular weight excluding hydrogens is 273 g/mol. The number of anilines is 1. The highest BCUT2D eigenvalue weighted by Gasteiger charge is 2.33. The third kappa shape index (κ3) is 3.49. The number of hydrogen-bond donors (Lipinski definition) is 0. The Labute approximate surface area is 106 Å². The standard InChI is InChI=1S/C10H10ClF3N2O2/c1-2-15(6-10(12,13)14)8-5-3-4-7(11)9(8)16(17)18/h3-5H,2,6H2,1H3. The normalized spacial score (nSPS) is 11.4. The van der Waals surface area contributed by atoms with E-state index in [1.807, 2.05) is 0 Å². The topological polar surface area (TPSA) is 46.4 Å². The van der Waals surface area contributed by atoms with Crippen LogP contribution in [-0.2, 0) is 0 Å². The summed E-state index contributed by atoms with van der Waals surface area (Å²) in [4.78, 5) is 10.9. The highest BCUT2D eigenvalue weighted by Crippen LogP contribution is 2.36. The third-order valence-electron chi connectivity index (χ3n) is 2.24. The lowest BCUT2D eigenvalue weighted by molar-refractivity contribution is -0.384. The molecular formula is C10H10ClF3N2O2. The molecule has 0 aliphatic rings. The van der Waals surface area contributed by atoms with E-state index in [0.29, 0.717) is 0 Å². The number of hydrogen-bond acceptors (Lipinski definition) is 3. The monoisotopic (exact) mass is 282 g/mol. The number of nitro benzene ring substituents is 1. The van der Waals surface area contributed by atoms with Gasteiger partial charge in [0.1, 0.15) is 17.3 Å². The molecule has 1 rings (SSSR count). The van der Waals surface area contributed by atoms with Crippen molar-refractivity contribution >= 4 is 23.0 Å². The fourth-order valence-corrected chi connectivity index (χ4v) is 1.76. The SMILES string of the molecule is CCN(CC(F)(F)F)c1cccc(Cl)c1[N+](=O)[O-]. The van der Waals surface area contributed by atoms with E-state index in [-0.39, 0.29) is 17.3 Å². The zero-order valence-electron chi connectivity index (χ0n) is 9.37. The molecule has 0 radical (unpaired) electrons. The van der Waals surface area contributed by atoms with Gasteiger partial charge in [-0.1, -0.05) is 17.7 Å². The summed E-state index contributed by atoms with van der Waals surface area (Å²) in [6, 6.07) is 3.90. The van der Waals surface area contributed by atoms with Gasteiger partial charge in [0.05, 0.1) is 4.92 Å². The van der Waals surface area contributed by atoms with Gasteiger partial charge < -0.3 is 4.90 Å². The van der Waals surface area contributed by atoms with E-state index in [2.05, 4.69) is 0 Å². The first-order valence-electron chi connectivity index (χ1n) is 5.01. The van der Waals surface area contributed by atoms with Crippen LogP contribution in [0, 0.1) is 10.1 Å². The quantitative estimate of drug-likeness (QED) is 0.626. The second kappa shape index (κ2) is 5.43. The third-order valence-corrected chi connectivity index (χ3v) is 2.55. The maximum Gasteiger partial charge on any atom is 0.405 e. The Morgan fingerprint density at radius 2 is 2.06 bits per heavy atom. The molecule has 0 N–H and O–H groups in total. The van der Waals surface area contributed by atoms with Crippen LogP contribution in [0.2, 0.25) is 5.02 Å². The summed E-state index contributed by atoms with van der Waals surface area (Å²) in [5.74, 6) is 0. The zero-order chi connectivity index (χ0) is 13.9. The predicted octanol–water partition coefficient (Wildman–Crippen LogP) is 3.64. The Morgan fingerprint density at radius 3 is 2.50 bits per heavy atom. The van der Waals surface area contributed by atoms with E-state index in [4.69, 9.17) is 11.6 Å². The van der Waals surface area contributed by atoms with E-state index in [9.17, 15) is 23.3 Å². The van der Waals surface area contributed by atoms with Crippen LogP contribution in [0.15, 0.2) is 18.2 Å². The first-order chi connectivity index (χ1) is 8.26. The lowest BCUT2D eigenvalue weighted by Gasteiger charge is -2.24. The molecule has 8 heteroatoms. The van der Waals surface area contributed by atoms with Gasteiger partial charge >= 0.3 is 11.9 Å². The molecule has 1 aromatic rings. The van der Waals surface area contributed by atoms with Crippen molar-refractivity contribution in [3.05, 3.63) is 33.3 Å². The van der Waals surface area contributed by atoms with Crippen molar-refractivity contribution in [2.75, 3.05) is 18.0 Å². The summed E-state index contributed by atoms with van der Waals surface area (Å²) < 4.78 is 37.1. The van der Waals surface area contributed by atoms with Crippen molar-refractivity contribution in [1.29, 1.82) is 0 Å². The van der Waals surface area contributed by atoms with Gasteiger partial charge in [-0.15, -0.1) is 0 Å². The van der Waals surface area contributed by atoms with Gasteiger partial charge in [-0.25, -0.2) is 0 Å². The van der Waals surface area contributed by atoms with Crippen LogP contribution >= 0.6 is 11.6 Å². The molecule has 0 aromatic heterocycles. The van der Waals surface area contributed by atoms with E-state index < -0.39 is 23.3 Å². The summed E-state index contributed by atoms with van der Waals surface area (Å²) in [5.41, 5.74) is -0.641. The van der Waals surface area contributed by atoms with Gasteiger partial charge in [0.15, 0.2) is 0 Å². The summed E-state index contributed by atoms with van der Waals surface area (Å²) in [6.45, 7) is 0.210. The van der Waals surface area contributed by atoms with Crippen LogP contribution in [0.4, 0.5) is 24.5 Å². The Morgan fingerprint density at radius 1 is 1.44 bits per heavy atom. The summed E-state index contributed by atoms with van der Waals surface area (Å²) in [6.07, 6.45) is -4.44. The number of nitrogens with zero attached hydrogens (tertiary/aromatic N) is 2. The molecule has 0 spiro atoms. The molecule has 100 valence electrons. The van der Waals surface area contributed by atoms with Crippen LogP contribution in [0.5, 0.6) is 0 Å². The highest BCUT2D eigenvalue weighted by atomic mass is 35.5. The Kier molecular flexibility index (Phi) is 4.39. The van der Waals surface area contributed by atoms with Crippen molar-refractivity contribution in [3.63, 3.8) is 0 Å². The molecule has 0 saturated carbocycles. The maximum atomic E-state index is 12.4. The molecule has 0 fully saturated rings. The predicted molar refractivity (Wildman–Crippen MR) is 62.0 cm³/mol. The molecule has 0 amide bonds. The second-order valence-electron chi connectivity index (χ2n) is 3.49. The number of alkyl halides is 3. The smallest absolute Gasteiger partial charge is 0.357 e. The Hall–Kier alpha value is -1.50. The van der Waals surface area contributed by atoms with Gasteiger partial charge in [0.2, 0.25) is 0 Å². The molecule has 0 aliphatic heterocycles. The second-order valence-corrected chi connectivity index (χ2v) is 3.90. The van der Waals surface area contributed by atoms with Crippen LogP contribution in [0.25, 0.3) is 0 Å². The van der Waals surface area contributed by atoms with Crippen LogP contribution in [-0.4, -0.2) is 24.2 Å². The number of para-hydroxylation sites is 1. The molecule has 18 heavy (non-hydrogen) atoms. The molecule has 0 atom stereocenters. The first kappa shape index (κ1) is 14.6. The van der Waals surface area contributed by atoms with Crippen molar-refractivity contribution in [2.24, 2.45) is 0 Å². The van der Waals surface area contributed by atoms with Gasteiger partial charge in [-0.2, -0.15) is 13.2 Å². The summed E-state index contributed by atoms with van der Waals surface area (Å²) in [5, 5.41) is 10.7. The lowest BCUT2D eigenvalue weighted by atomic mass is 10.2. The van der Waals surface area contributed by atoms with E-state index in [1.54, 1.807) is 0 Å². The fraction of sp³-hybridized carbons (Fsp3) is 0.400. The average molecular weight is 283 g/mol. The maximum absolute atomic E-state index is 12.4. The minimum absolute atomic E-state index is 0.0132. The number of nitro groups is 1. The van der Waals surface area contributed by atoms with E-state index in [0.717, 1.165) is 4.90 Å². The Balaban J connectivity index is 3.21. The van der Waals surface area contributed by atoms with Crippen LogP contribution in [0.1, 0.15) is 6.92 Å². The van der Waals surface area contributed by atoms with E-state index in [1.165, 1.54) is 25.1 Å². The van der Waals surface area contributed by atoms with Crippen molar-refractivity contribution in [1.82, 2.24) is 0 Å². The molecule has 1 aromatic carbocycles. The van der Waals surface area contributed by atoms with Gasteiger partial charge in [-0.05, 0) is 19.1 Å². The molecule has 0 unspecified atom stereocenters. The summed E-state index contributed by atoms with van der Waals surface area (Å²) in [7, 11) is 0. The molecule has 0 bridgehead atoms. The number of benzene rings is 1. The van der Waals surface area contributed by atoms with Crippen molar-refractivity contribution in [2.45, 2.75) is 13.1 Å². The molecule has 0 aliphatic carbocycles. The Bertz CT molecular complexity index is 451. The lowest BCUT2D eigenvalue weighted by Crippen LogP contribution is -2.34. The van der Waals surface area contributed by atoms with Gasteiger partial charge in [-0.3, -0.25) is 10.1 Å². The fourth-order valence-electron chi connectivity index (χ4n) is 1.52. The summed E-state index contributed by atoms with van der Waals surface area (Å²) >= 11 is 5.65. The van der Waals surface area contributed by atoms with Crippen LogP contribution < -0.4 is 4.90 Å². The minimum atomic E-state index is -4.44. The van der Waals surface area contributed by atoms with Gasteiger partial charge in [0.25, 0.3) is 0 Å². The minimum Gasteiger partial charge on any atom is -0.357 e. The molecule has 4 nitrogen and oxygen atoms in total. The zero-order valence-corrected chi connectivity index (χ0v) is 10.1. The molecule has 0 heterocycles. The van der Waals surface area contributed by atoms with Crippen molar-refractivity contribution in [3.8, 4) is 0 Å². The number of rotatable bonds is 4. The largest absolute Gasteiger partial charge is 0.405 e. The number of halogens is 4. The van der Waals surface area contributed by atoms with Crippen molar-refractivity contribution < 1.29 is 18.1 Å². The molecule has 0 saturated heterocycles. The van der Waals surface area contributed by atoms with E-state index >= 15 is 0 Å².